The van der Waals surface area contributed by atoms with E-state index < -0.39 is 12.1 Å². The maximum absolute atomic E-state index is 12.4. The zero-order chi connectivity index (χ0) is 16.2. The molecule has 0 spiro atoms. The van der Waals surface area contributed by atoms with Crippen LogP contribution in [0, 0.1) is 0 Å². The van der Waals surface area contributed by atoms with Gasteiger partial charge in [0.25, 0.3) is 5.91 Å². The third-order valence-corrected chi connectivity index (χ3v) is 3.98. The molecule has 1 saturated heterocycles. The first-order valence-corrected chi connectivity index (χ1v) is 7.79. The molecule has 4 rings (SSSR count). The van der Waals surface area contributed by atoms with E-state index in [1.807, 2.05) is 42.5 Å². The topological polar surface area (TPSA) is 67.9 Å². The average Bonchev–Trinajstić information content (AvgIpc) is 2.61. The molecule has 0 aromatic heterocycles. The van der Waals surface area contributed by atoms with Crippen molar-refractivity contribution < 1.29 is 19.2 Å². The molecular weight excluding hydrogens is 296 g/mol. The molecule has 1 fully saturated rings. The largest absolute Gasteiger partial charge is 0.445 e. The molecule has 23 heavy (non-hydrogen) atoms. The molecule has 0 unspecified atom stereocenters. The van der Waals surface area contributed by atoms with Crippen LogP contribution >= 0.6 is 0 Å². The number of hydrogen-bond acceptors (Lipinski definition) is 4. The van der Waals surface area contributed by atoms with Crippen molar-refractivity contribution in [2.75, 3.05) is 0 Å². The summed E-state index contributed by atoms with van der Waals surface area (Å²) in [5.74, 6) is -0.263. The van der Waals surface area contributed by atoms with Crippen LogP contribution in [0.2, 0.25) is 0 Å². The predicted octanol–water partition coefficient (Wildman–Crippen LogP) is 2.16. The van der Waals surface area contributed by atoms with E-state index in [0.717, 1.165) is 18.4 Å². The highest BCUT2D eigenvalue weighted by atomic mass is 16.7. The zero-order valence-electron chi connectivity index (χ0n) is 13.0. The molecule has 1 aromatic rings. The zero-order valence-corrected chi connectivity index (χ0v) is 13.0. The Balaban J connectivity index is 1.48. The van der Waals surface area contributed by atoms with E-state index >= 15 is 0 Å². The fourth-order valence-electron chi connectivity index (χ4n) is 2.70. The normalized spacial score (nSPS) is 23.4. The van der Waals surface area contributed by atoms with Crippen molar-refractivity contribution in [1.82, 2.24) is 10.4 Å². The van der Waals surface area contributed by atoms with Crippen molar-refractivity contribution in [2.45, 2.75) is 44.6 Å². The van der Waals surface area contributed by atoms with Crippen molar-refractivity contribution >= 4 is 12.0 Å². The molecule has 6 heteroatoms. The minimum absolute atomic E-state index is 0.0406. The van der Waals surface area contributed by atoms with Gasteiger partial charge in [-0.05, 0) is 25.3 Å². The quantitative estimate of drug-likeness (QED) is 0.864. The van der Waals surface area contributed by atoms with Crippen LogP contribution in [0.25, 0.3) is 0 Å². The number of carbonyl (C=O) groups excluding carboxylic acids is 2. The molecule has 0 radical (unpaired) electrons. The van der Waals surface area contributed by atoms with Gasteiger partial charge in [-0.15, -0.1) is 0 Å². The number of nitrogens with one attached hydrogen (secondary N) is 1. The summed E-state index contributed by atoms with van der Waals surface area (Å²) in [7, 11) is 0. The van der Waals surface area contributed by atoms with Gasteiger partial charge in [0.2, 0.25) is 0 Å². The molecule has 2 heterocycles. The Morgan fingerprint density at radius 1 is 1.30 bits per heavy atom. The summed E-state index contributed by atoms with van der Waals surface area (Å²) in [5, 5.41) is 3.92. The van der Waals surface area contributed by atoms with E-state index in [1.54, 1.807) is 6.92 Å². The summed E-state index contributed by atoms with van der Waals surface area (Å²) in [5.41, 5.74) is 0.892. The fraction of sp³-hybridized carbons (Fsp3) is 0.412. The summed E-state index contributed by atoms with van der Waals surface area (Å²) in [4.78, 5) is 29.8. The van der Waals surface area contributed by atoms with Crippen LogP contribution in [-0.4, -0.2) is 35.3 Å². The van der Waals surface area contributed by atoms with Gasteiger partial charge in [0.1, 0.15) is 18.8 Å². The first-order chi connectivity index (χ1) is 11.1. The van der Waals surface area contributed by atoms with Gasteiger partial charge in [0.05, 0.1) is 6.04 Å². The van der Waals surface area contributed by atoms with E-state index in [9.17, 15) is 9.59 Å². The molecule has 2 bridgehead atoms. The lowest BCUT2D eigenvalue weighted by molar-refractivity contribution is -0.231. The Morgan fingerprint density at radius 2 is 2.09 bits per heavy atom. The van der Waals surface area contributed by atoms with Crippen LogP contribution in [0.5, 0.6) is 0 Å². The second-order valence-corrected chi connectivity index (χ2v) is 5.77. The monoisotopic (exact) mass is 316 g/mol. The van der Waals surface area contributed by atoms with Crippen LogP contribution in [-0.2, 0) is 21.0 Å². The summed E-state index contributed by atoms with van der Waals surface area (Å²) < 4.78 is 5.12. The van der Waals surface area contributed by atoms with Crippen LogP contribution < -0.4 is 5.32 Å². The second-order valence-electron chi connectivity index (χ2n) is 5.77. The molecule has 2 aliphatic heterocycles. The maximum atomic E-state index is 12.4. The first-order valence-electron chi connectivity index (χ1n) is 7.79. The lowest BCUT2D eigenvalue weighted by atomic mass is 9.98. The number of fused-ring (bicyclic) bond motifs is 2. The predicted molar refractivity (Wildman–Crippen MR) is 83.1 cm³/mol. The van der Waals surface area contributed by atoms with Gasteiger partial charge in [-0.2, -0.15) is 0 Å². The van der Waals surface area contributed by atoms with Gasteiger partial charge < -0.3 is 10.1 Å². The number of nitrogens with zero attached hydrogens (tertiary/aromatic N) is 1. The number of hydroxylamine groups is 2. The van der Waals surface area contributed by atoms with E-state index in [0.29, 0.717) is 0 Å². The maximum Gasteiger partial charge on any atom is 0.408 e. The van der Waals surface area contributed by atoms with Crippen LogP contribution in [0.15, 0.2) is 42.5 Å². The number of benzene rings is 1. The molecule has 3 atom stereocenters. The third-order valence-electron chi connectivity index (χ3n) is 3.98. The Labute approximate surface area is 135 Å². The molecular formula is C17H20N2O4. The number of amides is 2. The lowest BCUT2D eigenvalue weighted by Crippen LogP contribution is -2.54. The van der Waals surface area contributed by atoms with Gasteiger partial charge >= 0.3 is 6.09 Å². The van der Waals surface area contributed by atoms with Gasteiger partial charge in [0.15, 0.2) is 0 Å². The molecule has 0 saturated carbocycles. The van der Waals surface area contributed by atoms with Gasteiger partial charge in [-0.25, -0.2) is 9.86 Å². The highest BCUT2D eigenvalue weighted by molar-refractivity contribution is 5.85. The van der Waals surface area contributed by atoms with Crippen molar-refractivity contribution in [3.63, 3.8) is 0 Å². The summed E-state index contributed by atoms with van der Waals surface area (Å²) in [6, 6.07) is 8.63. The van der Waals surface area contributed by atoms with E-state index in [1.165, 1.54) is 5.06 Å². The molecule has 3 aliphatic rings. The molecule has 122 valence electrons. The van der Waals surface area contributed by atoms with Crippen molar-refractivity contribution in [2.24, 2.45) is 0 Å². The van der Waals surface area contributed by atoms with Gasteiger partial charge in [0, 0.05) is 0 Å². The first kappa shape index (κ1) is 15.6. The molecule has 1 aromatic carbocycles. The van der Waals surface area contributed by atoms with Crippen LogP contribution in [0.1, 0.15) is 25.3 Å². The molecule has 1 aliphatic carbocycles. The number of rotatable bonds is 4. The highest BCUT2D eigenvalue weighted by Crippen LogP contribution is 2.27. The van der Waals surface area contributed by atoms with Crippen LogP contribution in [0.3, 0.4) is 0 Å². The van der Waals surface area contributed by atoms with Gasteiger partial charge in [-0.3, -0.25) is 9.63 Å². The van der Waals surface area contributed by atoms with Crippen molar-refractivity contribution in [1.29, 1.82) is 0 Å². The van der Waals surface area contributed by atoms with E-state index in [-0.39, 0.29) is 24.7 Å². The Hall–Kier alpha value is -2.34. The standard InChI is InChI=1S/C17H20N2O4/c1-12(16(20)19-14-7-9-15(23-19)10-8-14)18-17(21)22-11-13-5-3-2-4-6-13/h2-7,9,12,14-15H,8,10-11H2,1H3,(H,18,21)/t12-,14-,15+/m1/s1. The third kappa shape index (κ3) is 3.71. The molecule has 1 N–H and O–H groups in total. The minimum Gasteiger partial charge on any atom is -0.445 e. The highest BCUT2D eigenvalue weighted by Gasteiger charge is 2.36. The number of carbonyl (C=O) groups is 2. The Kier molecular flexibility index (Phi) is 4.62. The average molecular weight is 316 g/mol. The van der Waals surface area contributed by atoms with Gasteiger partial charge in [-0.1, -0.05) is 42.5 Å². The van der Waals surface area contributed by atoms with E-state index in [4.69, 9.17) is 9.57 Å². The van der Waals surface area contributed by atoms with Crippen molar-refractivity contribution in [3.8, 4) is 0 Å². The summed E-state index contributed by atoms with van der Waals surface area (Å²) >= 11 is 0. The minimum atomic E-state index is -0.703. The van der Waals surface area contributed by atoms with Crippen molar-refractivity contribution in [3.05, 3.63) is 48.0 Å². The van der Waals surface area contributed by atoms with E-state index in [2.05, 4.69) is 5.32 Å². The Bertz CT molecular complexity index is 602. The SMILES string of the molecule is C[C@@H](NC(=O)OCc1ccccc1)C(=O)N1O[C@H]2C=C[C@@H]1CC2. The summed E-state index contributed by atoms with van der Waals surface area (Å²) in [6.07, 6.45) is 5.11. The fourth-order valence-corrected chi connectivity index (χ4v) is 2.70. The smallest absolute Gasteiger partial charge is 0.408 e. The molecule has 2 amide bonds. The summed E-state index contributed by atoms with van der Waals surface area (Å²) in [6.45, 7) is 1.79. The second kappa shape index (κ2) is 6.83. The lowest BCUT2D eigenvalue weighted by Gasteiger charge is -2.41. The van der Waals surface area contributed by atoms with Crippen LogP contribution in [0.4, 0.5) is 4.79 Å². The Morgan fingerprint density at radius 3 is 2.70 bits per heavy atom. The molecule has 6 nitrogen and oxygen atoms in total. The number of alkyl carbamates (subject to hydrolysis) is 1. The number of ether oxygens (including phenoxy) is 1. The number of hydrogen-bond donors (Lipinski definition) is 1.